The summed E-state index contributed by atoms with van der Waals surface area (Å²) in [5.41, 5.74) is 2.06. The molecular weight excluding hydrogens is 252 g/mol. The first kappa shape index (κ1) is 14.9. The Balaban J connectivity index is 2.21. The van der Waals surface area contributed by atoms with Crippen LogP contribution in [0.5, 0.6) is 5.75 Å². The third-order valence-corrected chi connectivity index (χ3v) is 3.80. The molecule has 0 spiro atoms. The van der Waals surface area contributed by atoms with Crippen molar-refractivity contribution < 1.29 is 9.53 Å². The van der Waals surface area contributed by atoms with E-state index in [0.717, 1.165) is 37.4 Å². The first-order valence-electron chi connectivity index (χ1n) is 7.31. The van der Waals surface area contributed by atoms with E-state index >= 15 is 0 Å². The maximum atomic E-state index is 11.8. The van der Waals surface area contributed by atoms with Crippen molar-refractivity contribution in [1.29, 1.82) is 0 Å². The lowest BCUT2D eigenvalue weighted by molar-refractivity contribution is -0.118. The molecule has 0 aliphatic carbocycles. The van der Waals surface area contributed by atoms with Crippen LogP contribution >= 0.6 is 0 Å². The number of benzene rings is 1. The lowest BCUT2D eigenvalue weighted by Crippen LogP contribution is -2.27. The number of ether oxygens (including phenoxy) is 1. The Labute approximate surface area is 120 Å². The maximum Gasteiger partial charge on any atom is 0.226 e. The van der Waals surface area contributed by atoms with Crippen molar-refractivity contribution in [1.82, 2.24) is 5.32 Å². The van der Waals surface area contributed by atoms with Gasteiger partial charge in [-0.2, -0.15) is 0 Å². The molecular formula is C16H24N2O2. The second-order valence-corrected chi connectivity index (χ2v) is 5.62. The van der Waals surface area contributed by atoms with E-state index in [1.807, 2.05) is 26.0 Å². The van der Waals surface area contributed by atoms with Crippen molar-refractivity contribution in [3.05, 3.63) is 23.8 Å². The predicted octanol–water partition coefficient (Wildman–Crippen LogP) is 2.76. The third-order valence-electron chi connectivity index (χ3n) is 3.80. The van der Waals surface area contributed by atoms with Crippen molar-refractivity contribution >= 4 is 11.6 Å². The summed E-state index contributed by atoms with van der Waals surface area (Å²) in [5.74, 6) is 1.45. The van der Waals surface area contributed by atoms with Crippen LogP contribution in [0.4, 0.5) is 5.69 Å². The fourth-order valence-corrected chi connectivity index (χ4v) is 2.55. The van der Waals surface area contributed by atoms with Gasteiger partial charge in [-0.05, 0) is 55.6 Å². The van der Waals surface area contributed by atoms with Crippen molar-refractivity contribution in [3.63, 3.8) is 0 Å². The second kappa shape index (κ2) is 6.75. The Morgan fingerprint density at radius 2 is 2.05 bits per heavy atom. The van der Waals surface area contributed by atoms with Gasteiger partial charge in [-0.3, -0.25) is 4.79 Å². The Hall–Kier alpha value is -1.55. The van der Waals surface area contributed by atoms with Gasteiger partial charge in [0.15, 0.2) is 0 Å². The number of anilines is 1. The zero-order chi connectivity index (χ0) is 14.5. The second-order valence-electron chi connectivity index (χ2n) is 5.62. The summed E-state index contributed by atoms with van der Waals surface area (Å²) in [6, 6.07) is 5.92. The van der Waals surface area contributed by atoms with Crippen LogP contribution < -0.4 is 15.4 Å². The van der Waals surface area contributed by atoms with Crippen molar-refractivity contribution in [2.75, 3.05) is 25.5 Å². The molecule has 1 amide bonds. The lowest BCUT2D eigenvalue weighted by Gasteiger charge is -2.25. The standard InChI is InChI=1S/C16H24N2O2/c1-11(2)16(19)18-13-4-5-15(20-3)14(10-13)12-6-8-17-9-7-12/h4-5,10-12,17H,6-9H2,1-3H3,(H,18,19). The molecule has 1 aromatic rings. The van der Waals surface area contributed by atoms with Crippen LogP contribution in [0, 0.1) is 5.92 Å². The summed E-state index contributed by atoms with van der Waals surface area (Å²) in [5, 5.41) is 6.34. The number of hydrogen-bond acceptors (Lipinski definition) is 3. The zero-order valence-corrected chi connectivity index (χ0v) is 12.5. The smallest absolute Gasteiger partial charge is 0.226 e. The Morgan fingerprint density at radius 1 is 1.35 bits per heavy atom. The third kappa shape index (κ3) is 3.51. The van der Waals surface area contributed by atoms with Gasteiger partial charge in [0.1, 0.15) is 5.75 Å². The van der Waals surface area contributed by atoms with Crippen LogP contribution in [0.25, 0.3) is 0 Å². The monoisotopic (exact) mass is 276 g/mol. The highest BCUT2D eigenvalue weighted by Gasteiger charge is 2.19. The van der Waals surface area contributed by atoms with E-state index in [1.54, 1.807) is 7.11 Å². The number of nitrogens with one attached hydrogen (secondary N) is 2. The topological polar surface area (TPSA) is 50.4 Å². The normalized spacial score (nSPS) is 16.2. The molecule has 0 unspecified atom stereocenters. The van der Waals surface area contributed by atoms with Crippen LogP contribution in [-0.4, -0.2) is 26.1 Å². The fraction of sp³-hybridized carbons (Fsp3) is 0.562. The van der Waals surface area contributed by atoms with Crippen LogP contribution in [0.2, 0.25) is 0 Å². The zero-order valence-electron chi connectivity index (χ0n) is 12.5. The van der Waals surface area contributed by atoms with Gasteiger partial charge in [-0.1, -0.05) is 13.8 Å². The van der Waals surface area contributed by atoms with E-state index in [-0.39, 0.29) is 11.8 Å². The van der Waals surface area contributed by atoms with Crippen LogP contribution in [0.3, 0.4) is 0 Å². The molecule has 4 nitrogen and oxygen atoms in total. The maximum absolute atomic E-state index is 11.8. The Morgan fingerprint density at radius 3 is 2.65 bits per heavy atom. The predicted molar refractivity (Wildman–Crippen MR) is 81.3 cm³/mol. The summed E-state index contributed by atoms with van der Waals surface area (Å²) in [6.07, 6.45) is 2.22. The average Bonchev–Trinajstić information content (AvgIpc) is 2.48. The van der Waals surface area contributed by atoms with Gasteiger partial charge in [0.25, 0.3) is 0 Å². The molecule has 1 saturated heterocycles. The Kier molecular flexibility index (Phi) is 5.01. The highest BCUT2D eigenvalue weighted by Crippen LogP contribution is 2.34. The van der Waals surface area contributed by atoms with E-state index in [0.29, 0.717) is 5.92 Å². The number of amides is 1. The van der Waals surface area contributed by atoms with Crippen molar-refractivity contribution in [3.8, 4) is 5.75 Å². The highest BCUT2D eigenvalue weighted by atomic mass is 16.5. The summed E-state index contributed by atoms with van der Waals surface area (Å²) in [4.78, 5) is 11.8. The van der Waals surface area contributed by atoms with Gasteiger partial charge in [0, 0.05) is 11.6 Å². The SMILES string of the molecule is COc1ccc(NC(=O)C(C)C)cc1C1CCNCC1. The van der Waals surface area contributed by atoms with Gasteiger partial charge in [-0.25, -0.2) is 0 Å². The quantitative estimate of drug-likeness (QED) is 0.889. The van der Waals surface area contributed by atoms with Crippen molar-refractivity contribution in [2.45, 2.75) is 32.6 Å². The average molecular weight is 276 g/mol. The lowest BCUT2D eigenvalue weighted by atomic mass is 9.89. The van der Waals surface area contributed by atoms with E-state index in [2.05, 4.69) is 16.7 Å². The van der Waals surface area contributed by atoms with Gasteiger partial charge in [0.05, 0.1) is 7.11 Å². The molecule has 20 heavy (non-hydrogen) atoms. The molecule has 1 fully saturated rings. The van der Waals surface area contributed by atoms with E-state index in [9.17, 15) is 4.79 Å². The largest absolute Gasteiger partial charge is 0.496 e. The molecule has 0 atom stereocenters. The molecule has 110 valence electrons. The van der Waals surface area contributed by atoms with E-state index in [4.69, 9.17) is 4.74 Å². The minimum Gasteiger partial charge on any atom is -0.496 e. The van der Waals surface area contributed by atoms with Crippen molar-refractivity contribution in [2.24, 2.45) is 5.92 Å². The Bertz CT molecular complexity index is 466. The first-order chi connectivity index (χ1) is 9.61. The van der Waals surface area contributed by atoms with E-state index < -0.39 is 0 Å². The van der Waals surface area contributed by atoms with Crippen LogP contribution in [0.1, 0.15) is 38.2 Å². The number of piperidine rings is 1. The summed E-state index contributed by atoms with van der Waals surface area (Å²) in [7, 11) is 1.70. The molecule has 0 radical (unpaired) electrons. The molecule has 2 rings (SSSR count). The van der Waals surface area contributed by atoms with E-state index in [1.165, 1.54) is 5.56 Å². The molecule has 1 heterocycles. The highest BCUT2D eigenvalue weighted by molar-refractivity contribution is 5.92. The summed E-state index contributed by atoms with van der Waals surface area (Å²) >= 11 is 0. The van der Waals surface area contributed by atoms with Gasteiger partial charge >= 0.3 is 0 Å². The molecule has 0 saturated carbocycles. The fourth-order valence-electron chi connectivity index (χ4n) is 2.55. The molecule has 0 aromatic heterocycles. The number of rotatable bonds is 4. The molecule has 4 heteroatoms. The first-order valence-corrected chi connectivity index (χ1v) is 7.31. The van der Waals surface area contributed by atoms with Gasteiger partial charge in [-0.15, -0.1) is 0 Å². The molecule has 2 N–H and O–H groups in total. The molecule has 0 bridgehead atoms. The minimum atomic E-state index is -0.0144. The number of methoxy groups -OCH3 is 1. The van der Waals surface area contributed by atoms with Gasteiger partial charge in [0.2, 0.25) is 5.91 Å². The summed E-state index contributed by atoms with van der Waals surface area (Å²) < 4.78 is 5.47. The molecule has 1 aliphatic rings. The van der Waals surface area contributed by atoms with Crippen LogP contribution in [-0.2, 0) is 4.79 Å². The molecule has 1 aliphatic heterocycles. The minimum absolute atomic E-state index is 0.0144. The summed E-state index contributed by atoms with van der Waals surface area (Å²) in [6.45, 7) is 5.87. The number of carbonyl (C=O) groups is 1. The van der Waals surface area contributed by atoms with Crippen LogP contribution in [0.15, 0.2) is 18.2 Å². The van der Waals surface area contributed by atoms with Gasteiger partial charge < -0.3 is 15.4 Å². The number of hydrogen-bond donors (Lipinski definition) is 2. The number of carbonyl (C=O) groups excluding carboxylic acids is 1. The molecule has 1 aromatic carbocycles.